The van der Waals surface area contributed by atoms with Crippen LogP contribution in [0.4, 0.5) is 0 Å². The molecule has 3 rings (SSSR count). The van der Waals surface area contributed by atoms with Crippen LogP contribution in [-0.4, -0.2) is 26.2 Å². The van der Waals surface area contributed by atoms with Crippen LogP contribution in [0.3, 0.4) is 0 Å². The maximum atomic E-state index is 12.7. The third kappa shape index (κ3) is 2.16. The van der Waals surface area contributed by atoms with Gasteiger partial charge in [-0.15, -0.1) is 0 Å². The van der Waals surface area contributed by atoms with Crippen LogP contribution in [-0.2, 0) is 13.6 Å². The molecule has 3 heterocycles. The molecule has 7 heteroatoms. The fourth-order valence-corrected chi connectivity index (χ4v) is 2.37. The second-order valence-electron chi connectivity index (χ2n) is 4.81. The van der Waals surface area contributed by atoms with E-state index >= 15 is 0 Å². The van der Waals surface area contributed by atoms with Gasteiger partial charge in [-0.2, -0.15) is 0 Å². The molecule has 0 saturated carbocycles. The number of aromatic nitrogens is 4. The molecule has 7 nitrogen and oxygen atoms in total. The first-order valence-corrected chi connectivity index (χ1v) is 6.65. The van der Waals surface area contributed by atoms with Crippen molar-refractivity contribution in [3.63, 3.8) is 0 Å². The number of methoxy groups -OCH3 is 1. The Balaban J connectivity index is 2.32. The van der Waals surface area contributed by atoms with E-state index in [1.54, 1.807) is 31.6 Å². The summed E-state index contributed by atoms with van der Waals surface area (Å²) in [4.78, 5) is 33.2. The van der Waals surface area contributed by atoms with E-state index in [4.69, 9.17) is 4.74 Å². The number of nitrogens with zero attached hydrogens (tertiary/aromatic N) is 4. The van der Waals surface area contributed by atoms with Crippen LogP contribution in [0.15, 0.2) is 46.4 Å². The average molecular weight is 298 g/mol. The van der Waals surface area contributed by atoms with Gasteiger partial charge in [-0.25, -0.2) is 9.78 Å². The monoisotopic (exact) mass is 298 g/mol. The van der Waals surface area contributed by atoms with E-state index in [0.717, 1.165) is 10.1 Å². The van der Waals surface area contributed by atoms with Crippen LogP contribution in [0.2, 0.25) is 0 Å². The summed E-state index contributed by atoms with van der Waals surface area (Å²) in [6, 6.07) is 5.17. The van der Waals surface area contributed by atoms with E-state index in [1.807, 2.05) is 6.07 Å². The summed E-state index contributed by atoms with van der Waals surface area (Å²) in [5, 5.41) is 0.288. The minimum absolute atomic E-state index is 0.146. The van der Waals surface area contributed by atoms with Gasteiger partial charge in [0.1, 0.15) is 11.1 Å². The minimum Gasteiger partial charge on any atom is -0.496 e. The number of pyridine rings is 2. The van der Waals surface area contributed by atoms with E-state index in [1.165, 1.54) is 17.9 Å². The Morgan fingerprint density at radius 3 is 2.73 bits per heavy atom. The quantitative estimate of drug-likeness (QED) is 0.705. The van der Waals surface area contributed by atoms with Crippen molar-refractivity contribution < 1.29 is 4.74 Å². The standard InChI is InChI=1S/C15H14N4O3/c1-18-13-12(11(22-2)5-7-17-13)14(20)19(15(18)21)9-10-4-3-6-16-8-10/h3-8H,9H2,1-2H3. The molecule has 0 bridgehead atoms. The maximum Gasteiger partial charge on any atom is 0.332 e. The normalized spacial score (nSPS) is 10.8. The predicted octanol–water partition coefficient (Wildman–Crippen LogP) is 0.547. The first-order chi connectivity index (χ1) is 10.6. The van der Waals surface area contributed by atoms with Gasteiger partial charge in [0.15, 0.2) is 5.65 Å². The molecular weight excluding hydrogens is 284 g/mol. The number of rotatable bonds is 3. The highest BCUT2D eigenvalue weighted by molar-refractivity contribution is 5.80. The Hall–Kier alpha value is -2.96. The molecule has 0 saturated heterocycles. The van der Waals surface area contributed by atoms with Crippen LogP contribution in [0.25, 0.3) is 11.0 Å². The van der Waals surface area contributed by atoms with Gasteiger partial charge in [-0.05, 0) is 17.7 Å². The molecule has 0 aromatic carbocycles. The molecule has 3 aromatic rings. The summed E-state index contributed by atoms with van der Waals surface area (Å²) < 4.78 is 7.73. The molecule has 0 spiro atoms. The molecule has 22 heavy (non-hydrogen) atoms. The smallest absolute Gasteiger partial charge is 0.332 e. The Morgan fingerprint density at radius 2 is 2.05 bits per heavy atom. The molecule has 112 valence electrons. The van der Waals surface area contributed by atoms with Crippen molar-refractivity contribution in [2.45, 2.75) is 6.54 Å². The number of fused-ring (bicyclic) bond motifs is 1. The number of hydrogen-bond acceptors (Lipinski definition) is 5. The third-order valence-electron chi connectivity index (χ3n) is 3.47. The van der Waals surface area contributed by atoms with E-state index in [-0.39, 0.29) is 11.9 Å². The van der Waals surface area contributed by atoms with Crippen molar-refractivity contribution in [1.82, 2.24) is 19.1 Å². The van der Waals surface area contributed by atoms with Gasteiger partial charge >= 0.3 is 5.69 Å². The summed E-state index contributed by atoms with van der Waals surface area (Å²) in [6.07, 6.45) is 4.76. The summed E-state index contributed by atoms with van der Waals surface area (Å²) in [5.74, 6) is 0.394. The van der Waals surface area contributed by atoms with Gasteiger partial charge < -0.3 is 4.74 Å². The predicted molar refractivity (Wildman–Crippen MR) is 81.1 cm³/mol. The van der Waals surface area contributed by atoms with Crippen molar-refractivity contribution in [2.75, 3.05) is 7.11 Å². The molecular formula is C15H14N4O3. The lowest BCUT2D eigenvalue weighted by molar-refractivity contribution is 0.418. The van der Waals surface area contributed by atoms with Crippen molar-refractivity contribution in [3.8, 4) is 5.75 Å². The van der Waals surface area contributed by atoms with Crippen LogP contribution in [0.1, 0.15) is 5.56 Å². The Labute approximate surface area is 125 Å². The van der Waals surface area contributed by atoms with Crippen molar-refractivity contribution in [1.29, 1.82) is 0 Å². The van der Waals surface area contributed by atoms with Gasteiger partial charge in [-0.1, -0.05) is 6.07 Å². The number of ether oxygens (including phenoxy) is 1. The molecule has 0 aliphatic carbocycles. The van der Waals surface area contributed by atoms with Gasteiger partial charge in [0.05, 0.1) is 13.7 Å². The van der Waals surface area contributed by atoms with Gasteiger partial charge in [-0.3, -0.25) is 18.9 Å². The van der Waals surface area contributed by atoms with Crippen molar-refractivity contribution in [3.05, 3.63) is 63.2 Å². The molecule has 0 amide bonds. The van der Waals surface area contributed by atoms with E-state index < -0.39 is 11.2 Å². The topological polar surface area (TPSA) is 79.0 Å². The molecule has 0 unspecified atom stereocenters. The first-order valence-electron chi connectivity index (χ1n) is 6.65. The maximum absolute atomic E-state index is 12.7. The zero-order valence-electron chi connectivity index (χ0n) is 12.2. The second-order valence-corrected chi connectivity index (χ2v) is 4.81. The molecule has 0 aliphatic rings. The molecule has 0 radical (unpaired) electrons. The fourth-order valence-electron chi connectivity index (χ4n) is 2.37. The zero-order valence-corrected chi connectivity index (χ0v) is 12.2. The molecule has 0 atom stereocenters. The third-order valence-corrected chi connectivity index (χ3v) is 3.47. The van der Waals surface area contributed by atoms with Crippen LogP contribution >= 0.6 is 0 Å². The summed E-state index contributed by atoms with van der Waals surface area (Å²) in [5.41, 5.74) is 0.217. The summed E-state index contributed by atoms with van der Waals surface area (Å²) >= 11 is 0. The molecule has 0 aliphatic heterocycles. The molecule has 0 fully saturated rings. The average Bonchev–Trinajstić information content (AvgIpc) is 2.57. The lowest BCUT2D eigenvalue weighted by atomic mass is 10.2. The van der Waals surface area contributed by atoms with Crippen LogP contribution in [0, 0.1) is 0 Å². The van der Waals surface area contributed by atoms with Gasteiger partial charge in [0.25, 0.3) is 5.56 Å². The van der Waals surface area contributed by atoms with E-state index in [9.17, 15) is 9.59 Å². The first kappa shape index (κ1) is 14.0. The van der Waals surface area contributed by atoms with Crippen molar-refractivity contribution in [2.24, 2.45) is 7.05 Å². The molecule has 3 aromatic heterocycles. The van der Waals surface area contributed by atoms with Gasteiger partial charge in [0, 0.05) is 25.6 Å². The highest BCUT2D eigenvalue weighted by Crippen LogP contribution is 2.18. The lowest BCUT2D eigenvalue weighted by Crippen LogP contribution is -2.39. The number of aryl methyl sites for hydroxylation is 1. The van der Waals surface area contributed by atoms with Crippen molar-refractivity contribution >= 4 is 11.0 Å². The summed E-state index contributed by atoms with van der Waals surface area (Å²) in [6.45, 7) is 0.146. The Kier molecular flexibility index (Phi) is 3.46. The summed E-state index contributed by atoms with van der Waals surface area (Å²) in [7, 11) is 3.06. The SMILES string of the molecule is COc1ccnc2c1c(=O)n(Cc1cccnc1)c(=O)n2C. The lowest BCUT2D eigenvalue weighted by Gasteiger charge is -2.11. The van der Waals surface area contributed by atoms with E-state index in [0.29, 0.717) is 11.4 Å². The second kappa shape index (κ2) is 5.44. The zero-order chi connectivity index (χ0) is 15.7. The Bertz CT molecular complexity index is 945. The van der Waals surface area contributed by atoms with Gasteiger partial charge in [0.2, 0.25) is 0 Å². The fraction of sp³-hybridized carbons (Fsp3) is 0.200. The Morgan fingerprint density at radius 1 is 1.23 bits per heavy atom. The molecule has 0 N–H and O–H groups in total. The van der Waals surface area contributed by atoms with E-state index in [2.05, 4.69) is 9.97 Å². The minimum atomic E-state index is -0.429. The number of hydrogen-bond donors (Lipinski definition) is 0. The largest absolute Gasteiger partial charge is 0.496 e. The van der Waals surface area contributed by atoms with Crippen LogP contribution in [0.5, 0.6) is 5.75 Å². The highest BCUT2D eigenvalue weighted by atomic mass is 16.5. The highest BCUT2D eigenvalue weighted by Gasteiger charge is 2.15. The van der Waals surface area contributed by atoms with Crippen LogP contribution < -0.4 is 16.0 Å².